The van der Waals surface area contributed by atoms with Crippen molar-refractivity contribution >= 4 is 28.8 Å². The Morgan fingerprint density at radius 3 is 2.41 bits per heavy atom. The number of hydrogen-bond acceptors (Lipinski definition) is 4. The Bertz CT molecular complexity index is 375. The van der Waals surface area contributed by atoms with Crippen LogP contribution in [-0.4, -0.2) is 22.1 Å². The van der Waals surface area contributed by atoms with Gasteiger partial charge in [0.15, 0.2) is 0 Å². The zero-order valence-corrected chi connectivity index (χ0v) is 11.2. The van der Waals surface area contributed by atoms with Crippen LogP contribution in [0.5, 0.6) is 0 Å². The van der Waals surface area contributed by atoms with Crippen molar-refractivity contribution in [2.24, 2.45) is 0 Å². The second kappa shape index (κ2) is 6.31. The molecule has 0 saturated heterocycles. The number of carbonyl (C=O) groups is 1. The van der Waals surface area contributed by atoms with Crippen molar-refractivity contribution in [3.8, 4) is 0 Å². The highest BCUT2D eigenvalue weighted by molar-refractivity contribution is 7.17. The number of hydrogen-bond donors (Lipinski definition) is 1. The molecule has 17 heavy (non-hydrogen) atoms. The zero-order chi connectivity index (χ0) is 12.1. The minimum atomic E-state index is -0.139. The van der Waals surface area contributed by atoms with Gasteiger partial charge in [-0.25, -0.2) is 0 Å². The summed E-state index contributed by atoms with van der Waals surface area (Å²) < 4.78 is 0.313. The van der Waals surface area contributed by atoms with E-state index in [1.165, 1.54) is 32.1 Å². The van der Waals surface area contributed by atoms with Crippen LogP contribution >= 0.6 is 22.9 Å². The Kier molecular flexibility index (Phi) is 4.74. The number of aromatic nitrogens is 2. The molecule has 0 radical (unpaired) electrons. The molecule has 0 aliphatic heterocycles. The first kappa shape index (κ1) is 12.8. The van der Waals surface area contributed by atoms with Crippen molar-refractivity contribution in [1.29, 1.82) is 0 Å². The largest absolute Gasteiger partial charge is 0.347 e. The summed E-state index contributed by atoms with van der Waals surface area (Å²) in [5.74, 6) is -0.139. The monoisotopic (exact) mass is 273 g/mol. The minimum absolute atomic E-state index is 0.139. The summed E-state index contributed by atoms with van der Waals surface area (Å²) in [5, 5.41) is 10.8. The van der Waals surface area contributed by atoms with Crippen LogP contribution in [0.25, 0.3) is 0 Å². The lowest BCUT2D eigenvalue weighted by atomic mass is 9.97. The van der Waals surface area contributed by atoms with E-state index >= 15 is 0 Å². The molecule has 1 N–H and O–H groups in total. The molecule has 0 aromatic carbocycles. The van der Waals surface area contributed by atoms with Gasteiger partial charge < -0.3 is 5.32 Å². The van der Waals surface area contributed by atoms with Crippen LogP contribution in [0, 0.1) is 0 Å². The zero-order valence-electron chi connectivity index (χ0n) is 9.62. The van der Waals surface area contributed by atoms with Crippen LogP contribution in [0.15, 0.2) is 0 Å². The molecule has 0 unspecified atom stereocenters. The first-order valence-electron chi connectivity index (χ1n) is 6.05. The van der Waals surface area contributed by atoms with Gasteiger partial charge >= 0.3 is 0 Å². The predicted molar refractivity (Wildman–Crippen MR) is 68.5 cm³/mol. The molecule has 94 valence electrons. The SMILES string of the molecule is O=C(NC1CCCCCCC1)c1nnc(Cl)s1. The molecule has 1 aromatic heterocycles. The van der Waals surface area contributed by atoms with Crippen LogP contribution in [-0.2, 0) is 0 Å². The molecule has 0 bridgehead atoms. The van der Waals surface area contributed by atoms with Gasteiger partial charge in [-0.1, -0.05) is 43.4 Å². The lowest BCUT2D eigenvalue weighted by molar-refractivity contribution is 0.0929. The van der Waals surface area contributed by atoms with Crippen molar-refractivity contribution in [3.05, 3.63) is 9.47 Å². The predicted octanol–water partition coefficient (Wildman–Crippen LogP) is 3.03. The van der Waals surface area contributed by atoms with Gasteiger partial charge in [-0.3, -0.25) is 4.79 Å². The van der Waals surface area contributed by atoms with Gasteiger partial charge in [0.2, 0.25) is 9.47 Å². The summed E-state index contributed by atoms with van der Waals surface area (Å²) in [6, 6.07) is 0.283. The Morgan fingerprint density at radius 2 is 1.82 bits per heavy atom. The smallest absolute Gasteiger partial charge is 0.282 e. The number of rotatable bonds is 2. The molecule has 0 spiro atoms. The van der Waals surface area contributed by atoms with Gasteiger partial charge in [0, 0.05) is 6.04 Å². The number of nitrogens with one attached hydrogen (secondary N) is 1. The summed E-state index contributed by atoms with van der Waals surface area (Å²) >= 11 is 6.78. The van der Waals surface area contributed by atoms with E-state index in [4.69, 9.17) is 11.6 Å². The molecule has 4 nitrogen and oxygen atoms in total. The Morgan fingerprint density at radius 1 is 1.18 bits per heavy atom. The van der Waals surface area contributed by atoms with Crippen molar-refractivity contribution in [3.63, 3.8) is 0 Å². The summed E-state index contributed by atoms with van der Waals surface area (Å²) in [4.78, 5) is 11.9. The summed E-state index contributed by atoms with van der Waals surface area (Å²) in [6.07, 6.45) is 8.40. The van der Waals surface area contributed by atoms with Crippen molar-refractivity contribution in [2.45, 2.75) is 51.0 Å². The maximum atomic E-state index is 11.9. The topological polar surface area (TPSA) is 54.9 Å². The normalized spacial score (nSPS) is 18.4. The van der Waals surface area contributed by atoms with E-state index in [2.05, 4.69) is 15.5 Å². The number of nitrogens with zero attached hydrogens (tertiary/aromatic N) is 2. The quantitative estimate of drug-likeness (QED) is 0.901. The standard InChI is InChI=1S/C11H16ClN3OS/c12-11-15-14-10(17-11)9(16)13-8-6-4-2-1-3-5-7-8/h8H,1-7H2,(H,13,16). The number of halogens is 1. The van der Waals surface area contributed by atoms with E-state index in [1.54, 1.807) is 0 Å². The van der Waals surface area contributed by atoms with Gasteiger partial charge in [-0.15, -0.1) is 10.2 Å². The van der Waals surface area contributed by atoms with Crippen LogP contribution in [0.3, 0.4) is 0 Å². The Balaban J connectivity index is 1.88. The average Bonchev–Trinajstić information content (AvgIpc) is 2.68. The first-order valence-corrected chi connectivity index (χ1v) is 7.25. The van der Waals surface area contributed by atoms with Gasteiger partial charge in [0.25, 0.3) is 5.91 Å². The van der Waals surface area contributed by atoms with Crippen LogP contribution in [0.1, 0.15) is 54.7 Å². The van der Waals surface area contributed by atoms with Crippen LogP contribution in [0.4, 0.5) is 0 Å². The number of carbonyl (C=O) groups excluding carboxylic acids is 1. The van der Waals surface area contributed by atoms with Crippen molar-refractivity contribution in [1.82, 2.24) is 15.5 Å². The van der Waals surface area contributed by atoms with E-state index in [9.17, 15) is 4.79 Å². The molecule has 2 rings (SSSR count). The molecule has 1 saturated carbocycles. The average molecular weight is 274 g/mol. The van der Waals surface area contributed by atoms with Crippen LogP contribution in [0.2, 0.25) is 4.47 Å². The molecule has 1 aliphatic rings. The highest BCUT2D eigenvalue weighted by Gasteiger charge is 2.17. The molecule has 1 fully saturated rings. The summed E-state index contributed by atoms with van der Waals surface area (Å²) in [7, 11) is 0. The fourth-order valence-corrected chi connectivity index (χ4v) is 2.88. The Hall–Kier alpha value is -0.680. The van der Waals surface area contributed by atoms with E-state index in [0.717, 1.165) is 24.2 Å². The second-order valence-corrected chi connectivity index (χ2v) is 5.94. The lowest BCUT2D eigenvalue weighted by Crippen LogP contribution is -2.35. The molecule has 1 heterocycles. The van der Waals surface area contributed by atoms with Gasteiger partial charge in [0.05, 0.1) is 0 Å². The van der Waals surface area contributed by atoms with Crippen LogP contribution < -0.4 is 5.32 Å². The highest BCUT2D eigenvalue weighted by atomic mass is 35.5. The van der Waals surface area contributed by atoms with E-state index in [1.807, 2.05) is 0 Å². The number of amides is 1. The maximum absolute atomic E-state index is 11.9. The van der Waals surface area contributed by atoms with Gasteiger partial charge in [-0.05, 0) is 24.4 Å². The summed E-state index contributed by atoms with van der Waals surface area (Å²) in [5.41, 5.74) is 0. The molecule has 6 heteroatoms. The molecule has 1 amide bonds. The second-order valence-electron chi connectivity index (χ2n) is 4.38. The van der Waals surface area contributed by atoms with Gasteiger partial charge in [-0.2, -0.15) is 0 Å². The third-order valence-electron chi connectivity index (χ3n) is 3.03. The molecule has 1 aromatic rings. The van der Waals surface area contributed by atoms with Crippen molar-refractivity contribution in [2.75, 3.05) is 0 Å². The third kappa shape index (κ3) is 3.92. The van der Waals surface area contributed by atoms with E-state index in [0.29, 0.717) is 9.47 Å². The third-order valence-corrected chi connectivity index (χ3v) is 4.05. The summed E-state index contributed by atoms with van der Waals surface area (Å²) in [6.45, 7) is 0. The molecular formula is C11H16ClN3OS. The molecule has 0 atom stereocenters. The van der Waals surface area contributed by atoms with Crippen molar-refractivity contribution < 1.29 is 4.79 Å². The first-order chi connectivity index (χ1) is 8.25. The Labute approximate surface area is 110 Å². The maximum Gasteiger partial charge on any atom is 0.282 e. The minimum Gasteiger partial charge on any atom is -0.347 e. The lowest BCUT2D eigenvalue weighted by Gasteiger charge is -2.20. The fraction of sp³-hybridized carbons (Fsp3) is 0.727. The molecular weight excluding hydrogens is 258 g/mol. The van der Waals surface area contributed by atoms with E-state index in [-0.39, 0.29) is 11.9 Å². The fourth-order valence-electron chi connectivity index (χ4n) is 2.14. The van der Waals surface area contributed by atoms with Gasteiger partial charge in [0.1, 0.15) is 0 Å². The molecule has 1 aliphatic carbocycles. The van der Waals surface area contributed by atoms with E-state index < -0.39 is 0 Å². The highest BCUT2D eigenvalue weighted by Crippen LogP contribution is 2.19.